The molecule has 7 nitrogen and oxygen atoms in total. The molecule has 0 radical (unpaired) electrons. The highest BCUT2D eigenvalue weighted by Crippen LogP contribution is 2.24. The predicted octanol–water partition coefficient (Wildman–Crippen LogP) is 2.49. The van der Waals surface area contributed by atoms with Crippen molar-refractivity contribution >= 4 is 17.4 Å². The van der Waals surface area contributed by atoms with Crippen molar-refractivity contribution in [2.45, 2.75) is 32.4 Å². The molecule has 1 aromatic carbocycles. The second-order valence-corrected chi connectivity index (χ2v) is 6.64. The quantitative estimate of drug-likeness (QED) is 0.814. The lowest BCUT2D eigenvalue weighted by atomic mass is 10.2. The second kappa shape index (κ2) is 7.80. The minimum absolute atomic E-state index is 0.00658. The molecule has 0 aliphatic carbocycles. The molecule has 0 fully saturated rings. The molecule has 2 heterocycles. The van der Waals surface area contributed by atoms with Gasteiger partial charge in [0, 0.05) is 23.3 Å². The topological polar surface area (TPSA) is 75.7 Å². The molecule has 0 spiro atoms. The first-order chi connectivity index (χ1) is 13.2. The van der Waals surface area contributed by atoms with E-state index in [1.54, 1.807) is 36.2 Å². The molecule has 1 aromatic heterocycles. The molecular formula is C17H17ClF3N5O2. The van der Waals surface area contributed by atoms with Crippen LogP contribution < -0.4 is 5.69 Å². The molecule has 0 saturated heterocycles. The molecule has 1 atom stereocenters. The van der Waals surface area contributed by atoms with Crippen LogP contribution in [0.2, 0.25) is 5.02 Å². The third-order valence-electron chi connectivity index (χ3n) is 4.21. The molecule has 1 N–H and O–H groups in total. The summed E-state index contributed by atoms with van der Waals surface area (Å²) < 4.78 is 40.4. The molecule has 28 heavy (non-hydrogen) atoms. The van der Waals surface area contributed by atoms with Crippen LogP contribution in [0.15, 0.2) is 46.3 Å². The highest BCUT2D eigenvalue weighted by molar-refractivity contribution is 6.30. The smallest absolute Gasteiger partial charge is 0.382 e. The normalized spacial score (nSPS) is 15.6. The van der Waals surface area contributed by atoms with Crippen molar-refractivity contribution in [2.24, 2.45) is 4.99 Å². The van der Waals surface area contributed by atoms with Crippen LogP contribution >= 0.6 is 11.6 Å². The van der Waals surface area contributed by atoms with Gasteiger partial charge in [-0.2, -0.15) is 17.9 Å². The number of aliphatic imine (C=N–C) groups is 1. The largest absolute Gasteiger partial charge is 0.416 e. The Balaban J connectivity index is 2.01. The van der Waals surface area contributed by atoms with E-state index < -0.39 is 24.5 Å². The number of hydrogen-bond donors (Lipinski definition) is 1. The van der Waals surface area contributed by atoms with Gasteiger partial charge >= 0.3 is 11.9 Å². The second-order valence-electron chi connectivity index (χ2n) is 6.21. The fourth-order valence-electron chi connectivity index (χ4n) is 2.66. The van der Waals surface area contributed by atoms with E-state index in [1.807, 2.05) is 0 Å². The molecule has 1 aliphatic heterocycles. The molecule has 1 aliphatic rings. The van der Waals surface area contributed by atoms with E-state index in [-0.39, 0.29) is 12.5 Å². The number of halogens is 4. The minimum atomic E-state index is -4.86. The fraction of sp³-hybridized carbons (Fsp3) is 0.353. The lowest BCUT2D eigenvalue weighted by molar-refractivity contribution is -0.207. The van der Waals surface area contributed by atoms with Crippen molar-refractivity contribution in [2.75, 3.05) is 6.54 Å². The maximum Gasteiger partial charge on any atom is 0.416 e. The monoisotopic (exact) mass is 415 g/mol. The minimum Gasteiger partial charge on any atom is -0.382 e. The molecular weight excluding hydrogens is 399 g/mol. The maximum atomic E-state index is 12.8. The van der Waals surface area contributed by atoms with Crippen LogP contribution in [-0.2, 0) is 13.2 Å². The summed E-state index contributed by atoms with van der Waals surface area (Å²) in [5, 5.41) is 14.1. The van der Waals surface area contributed by atoms with Crippen LogP contribution in [0.3, 0.4) is 0 Å². The van der Waals surface area contributed by atoms with E-state index in [4.69, 9.17) is 11.6 Å². The molecule has 3 rings (SSSR count). The molecule has 2 aromatic rings. The maximum absolute atomic E-state index is 12.8. The van der Waals surface area contributed by atoms with Crippen molar-refractivity contribution < 1.29 is 18.3 Å². The van der Waals surface area contributed by atoms with Gasteiger partial charge in [-0.25, -0.2) is 9.79 Å². The Labute approximate surface area is 163 Å². The van der Waals surface area contributed by atoms with Crippen LogP contribution in [0.5, 0.6) is 0 Å². The van der Waals surface area contributed by atoms with Gasteiger partial charge in [0.05, 0.1) is 6.54 Å². The van der Waals surface area contributed by atoms with E-state index in [1.165, 1.54) is 12.1 Å². The zero-order valence-electron chi connectivity index (χ0n) is 14.8. The van der Waals surface area contributed by atoms with E-state index >= 15 is 0 Å². The number of amidine groups is 1. The number of hydrogen-bond acceptors (Lipinski definition) is 5. The summed E-state index contributed by atoms with van der Waals surface area (Å²) in [5.41, 5.74) is -0.367. The lowest BCUT2D eigenvalue weighted by Crippen LogP contribution is -2.40. The van der Waals surface area contributed by atoms with Gasteiger partial charge in [-0.1, -0.05) is 11.6 Å². The van der Waals surface area contributed by atoms with E-state index in [2.05, 4.69) is 10.1 Å². The first-order valence-electron chi connectivity index (χ1n) is 8.29. The standard InChI is InChI=1S/C17H17ClF3N5O2/c1-11-22-7-2-8-24(11)10-26-16(28)25(9-14(27)17(19,20)21)15(23-26)12-3-5-13(18)6-4-12/h2-7,14,27H,8-10H2,1H3/t14-/m0/s1. The number of aliphatic hydroxyl groups excluding tert-OH is 1. The number of aliphatic hydroxyl groups is 1. The Kier molecular flexibility index (Phi) is 5.61. The summed E-state index contributed by atoms with van der Waals surface area (Å²) in [5.74, 6) is 0.652. The highest BCUT2D eigenvalue weighted by Gasteiger charge is 2.39. The van der Waals surface area contributed by atoms with Gasteiger partial charge < -0.3 is 10.0 Å². The van der Waals surface area contributed by atoms with Crippen molar-refractivity contribution in [3.8, 4) is 11.4 Å². The number of nitrogens with zero attached hydrogens (tertiary/aromatic N) is 5. The van der Waals surface area contributed by atoms with Gasteiger partial charge in [-0.15, -0.1) is 5.10 Å². The van der Waals surface area contributed by atoms with Gasteiger partial charge in [0.1, 0.15) is 12.5 Å². The van der Waals surface area contributed by atoms with Crippen LogP contribution in [0.4, 0.5) is 13.2 Å². The van der Waals surface area contributed by atoms with E-state index in [9.17, 15) is 23.1 Å². The van der Waals surface area contributed by atoms with Crippen LogP contribution in [0.1, 0.15) is 6.92 Å². The van der Waals surface area contributed by atoms with Crippen molar-refractivity contribution in [3.63, 3.8) is 0 Å². The van der Waals surface area contributed by atoms with Crippen LogP contribution in [0.25, 0.3) is 11.4 Å². The predicted molar refractivity (Wildman–Crippen MR) is 97.9 cm³/mol. The Morgan fingerprint density at radius 1 is 1.29 bits per heavy atom. The number of benzene rings is 1. The summed E-state index contributed by atoms with van der Waals surface area (Å²) in [6.07, 6.45) is -4.15. The van der Waals surface area contributed by atoms with Crippen molar-refractivity contribution in [1.82, 2.24) is 19.2 Å². The Hall–Kier alpha value is -2.59. The molecule has 0 amide bonds. The SMILES string of the molecule is CC1=NC=CCN1Cn1nc(-c2ccc(Cl)cc2)n(C[C@H](O)C(F)(F)F)c1=O. The third-order valence-corrected chi connectivity index (χ3v) is 4.47. The first-order valence-corrected chi connectivity index (χ1v) is 8.67. The molecule has 0 unspecified atom stereocenters. The first kappa shape index (κ1) is 20.2. The zero-order valence-corrected chi connectivity index (χ0v) is 15.5. The number of rotatable bonds is 5. The van der Waals surface area contributed by atoms with Gasteiger partial charge in [-0.05, 0) is 37.3 Å². The average molecular weight is 416 g/mol. The summed E-state index contributed by atoms with van der Waals surface area (Å²) in [7, 11) is 0. The molecule has 0 saturated carbocycles. The summed E-state index contributed by atoms with van der Waals surface area (Å²) in [6, 6.07) is 6.16. The molecule has 0 bridgehead atoms. The van der Waals surface area contributed by atoms with Crippen LogP contribution in [-0.4, -0.2) is 49.0 Å². The number of aromatic nitrogens is 3. The van der Waals surface area contributed by atoms with Gasteiger partial charge in [0.15, 0.2) is 11.9 Å². The zero-order chi connectivity index (χ0) is 20.5. The van der Waals surface area contributed by atoms with Gasteiger partial charge in [0.25, 0.3) is 0 Å². The summed E-state index contributed by atoms with van der Waals surface area (Å²) in [4.78, 5) is 18.6. The fourth-order valence-corrected chi connectivity index (χ4v) is 2.78. The Morgan fingerprint density at radius 2 is 1.96 bits per heavy atom. The average Bonchev–Trinajstić information content (AvgIpc) is 2.93. The Morgan fingerprint density at radius 3 is 2.57 bits per heavy atom. The summed E-state index contributed by atoms with van der Waals surface area (Å²) in [6.45, 7) is 1.27. The number of alkyl halides is 3. The van der Waals surface area contributed by atoms with E-state index in [0.717, 1.165) is 9.25 Å². The summed E-state index contributed by atoms with van der Waals surface area (Å²) >= 11 is 5.86. The lowest BCUT2D eigenvalue weighted by Gasteiger charge is -2.23. The van der Waals surface area contributed by atoms with E-state index in [0.29, 0.717) is 23.0 Å². The van der Waals surface area contributed by atoms with Crippen LogP contribution in [0, 0.1) is 0 Å². The van der Waals surface area contributed by atoms with Gasteiger partial charge in [0.2, 0.25) is 0 Å². The van der Waals surface area contributed by atoms with Crippen molar-refractivity contribution in [3.05, 3.63) is 52.0 Å². The van der Waals surface area contributed by atoms with Gasteiger partial charge in [-0.3, -0.25) is 4.57 Å². The van der Waals surface area contributed by atoms with Crippen molar-refractivity contribution in [1.29, 1.82) is 0 Å². The Bertz CT molecular complexity index is 963. The molecule has 11 heteroatoms. The highest BCUT2D eigenvalue weighted by atomic mass is 35.5. The molecule has 150 valence electrons. The third kappa shape index (κ3) is 4.28.